The Hall–Kier alpha value is -0.176. The molecule has 0 saturated carbocycles. The third kappa shape index (κ3) is 11.1. The van der Waals surface area contributed by atoms with Crippen LogP contribution in [0.25, 0.3) is 10.9 Å². The molecule has 0 fully saturated rings. The smallest absolute Gasteiger partial charge is 0.0456 e. The number of benzene rings is 1. The molecule has 2 rings (SSSR count). The number of fused-ring (bicyclic) bond motifs is 1. The third-order valence-corrected chi connectivity index (χ3v) is 2.22. The first-order chi connectivity index (χ1) is 9.27. The fraction of sp³-hybridized carbons (Fsp3) is 0.500. The van der Waals surface area contributed by atoms with Crippen molar-refractivity contribution in [2.75, 3.05) is 0 Å². The number of hydrogen-bond donors (Lipinski definition) is 2. The average Bonchev–Trinajstić information content (AvgIpc) is 2.88. The number of nitrogens with one attached hydrogen (secondary N) is 1. The summed E-state index contributed by atoms with van der Waals surface area (Å²) in [6.07, 6.45) is 2.98. The van der Waals surface area contributed by atoms with E-state index in [1.807, 2.05) is 60.7 Å². The van der Waals surface area contributed by atoms with Crippen molar-refractivity contribution in [3.05, 3.63) is 43.5 Å². The number of nitrogens with two attached hydrogens (primary N) is 1. The Kier molecular flexibility index (Phi) is 27.3. The molecular formula is C18H35N2Y-. The summed E-state index contributed by atoms with van der Waals surface area (Å²) in [7, 11) is 0. The Morgan fingerprint density at radius 2 is 1.48 bits per heavy atom. The van der Waals surface area contributed by atoms with E-state index in [-0.39, 0.29) is 46.2 Å². The van der Waals surface area contributed by atoms with Gasteiger partial charge in [0.1, 0.15) is 0 Å². The van der Waals surface area contributed by atoms with Crippen molar-refractivity contribution in [3.8, 4) is 0 Å². The zero-order valence-electron chi connectivity index (χ0n) is 15.3. The van der Waals surface area contributed by atoms with E-state index < -0.39 is 0 Å². The summed E-state index contributed by atoms with van der Waals surface area (Å²) in [5.41, 5.74) is 8.26. The Morgan fingerprint density at radius 1 is 1.00 bits per heavy atom. The third-order valence-electron chi connectivity index (χ3n) is 2.22. The molecule has 1 heterocycles. The minimum Gasteiger partial charge on any atom is -0.361 e. The van der Waals surface area contributed by atoms with Crippen molar-refractivity contribution in [3.63, 3.8) is 0 Å². The van der Waals surface area contributed by atoms with Crippen LogP contribution in [0.1, 0.15) is 54.0 Å². The molecule has 1 aromatic carbocycles. The van der Waals surface area contributed by atoms with Crippen LogP contribution in [0.2, 0.25) is 0 Å². The molecule has 0 unspecified atom stereocenters. The van der Waals surface area contributed by atoms with Gasteiger partial charge in [-0.25, -0.2) is 0 Å². The number of H-pyrrole nitrogens is 1. The Labute approximate surface area is 158 Å². The van der Waals surface area contributed by atoms with Crippen LogP contribution in [0.5, 0.6) is 0 Å². The van der Waals surface area contributed by atoms with Crippen LogP contribution in [-0.2, 0) is 39.1 Å². The van der Waals surface area contributed by atoms with E-state index in [1.54, 1.807) is 0 Å². The van der Waals surface area contributed by atoms with Crippen LogP contribution in [0, 0.1) is 7.43 Å². The van der Waals surface area contributed by atoms with Gasteiger partial charge in [0.15, 0.2) is 0 Å². The Balaban J connectivity index is -0.000000162. The van der Waals surface area contributed by atoms with Gasteiger partial charge in [-0.2, -0.15) is 0 Å². The van der Waals surface area contributed by atoms with Gasteiger partial charge in [-0.1, -0.05) is 59.7 Å². The van der Waals surface area contributed by atoms with E-state index in [0.29, 0.717) is 0 Å². The average molecular weight is 368 g/mol. The van der Waals surface area contributed by atoms with Gasteiger partial charge in [-0.05, 0) is 25.0 Å². The molecule has 0 amide bonds. The minimum atomic E-state index is 0. The predicted molar refractivity (Wildman–Crippen MR) is 96.1 cm³/mol. The van der Waals surface area contributed by atoms with Crippen molar-refractivity contribution in [2.45, 2.75) is 60.9 Å². The number of aromatic nitrogens is 1. The predicted octanol–water partition coefficient (Wildman–Crippen LogP) is 5.58. The normalized spacial score (nSPS) is 9.14. The largest absolute Gasteiger partial charge is 0.361 e. The molecule has 3 N–H and O–H groups in total. The molecule has 2 aromatic rings. The van der Waals surface area contributed by atoms with Crippen molar-refractivity contribution >= 4 is 10.9 Å². The summed E-state index contributed by atoms with van der Waals surface area (Å²) < 4.78 is 0. The molecule has 2 nitrogen and oxygen atoms in total. The summed E-state index contributed by atoms with van der Waals surface area (Å²) in [4.78, 5) is 3.24. The molecule has 1 radical (unpaired) electrons. The molecule has 3 heteroatoms. The first-order valence-electron chi connectivity index (χ1n) is 7.58. The van der Waals surface area contributed by atoms with E-state index in [0.717, 1.165) is 6.42 Å². The van der Waals surface area contributed by atoms with E-state index >= 15 is 0 Å². The van der Waals surface area contributed by atoms with Crippen LogP contribution < -0.4 is 5.73 Å². The van der Waals surface area contributed by atoms with Gasteiger partial charge in [0.25, 0.3) is 0 Å². The summed E-state index contributed by atoms with van der Waals surface area (Å²) in [6, 6.07) is 8.53. The molecule has 0 saturated heterocycles. The molecular weight excluding hydrogens is 333 g/mol. The number of rotatable bonds is 2. The monoisotopic (exact) mass is 368 g/mol. The number of para-hydroxylation sites is 1. The van der Waals surface area contributed by atoms with Gasteiger partial charge in [0, 0.05) is 55.9 Å². The van der Waals surface area contributed by atoms with Gasteiger partial charge in [0.2, 0.25) is 0 Å². The maximum Gasteiger partial charge on any atom is 0.0456 e. The zero-order chi connectivity index (χ0) is 15.3. The molecule has 0 aliphatic heterocycles. The van der Waals surface area contributed by atoms with Crippen LogP contribution in [-0.4, -0.2) is 11.0 Å². The van der Waals surface area contributed by atoms with E-state index in [4.69, 9.17) is 5.73 Å². The van der Waals surface area contributed by atoms with E-state index in [1.165, 1.54) is 16.5 Å². The van der Waals surface area contributed by atoms with Gasteiger partial charge < -0.3 is 18.1 Å². The first-order valence-corrected chi connectivity index (χ1v) is 7.58. The second-order valence-corrected chi connectivity index (χ2v) is 3.54. The molecule has 121 valence electrons. The van der Waals surface area contributed by atoms with Gasteiger partial charge in [0.05, 0.1) is 0 Å². The van der Waals surface area contributed by atoms with E-state index in [9.17, 15) is 0 Å². The van der Waals surface area contributed by atoms with Gasteiger partial charge in [-0.15, -0.1) is 0 Å². The fourth-order valence-electron chi connectivity index (χ4n) is 1.65. The van der Waals surface area contributed by atoms with Crippen molar-refractivity contribution in [2.24, 2.45) is 5.73 Å². The van der Waals surface area contributed by atoms with E-state index in [2.05, 4.69) is 23.2 Å². The summed E-state index contributed by atoms with van der Waals surface area (Å²) in [5, 5.41) is 1.29. The fourth-order valence-corrected chi connectivity index (χ4v) is 1.65. The van der Waals surface area contributed by atoms with Crippen LogP contribution >= 0.6 is 0 Å². The Morgan fingerprint density at radius 3 is 1.95 bits per heavy atom. The SMILES string of the molecule is CC.CC.CC.C[C@@H](N)Cc1c[nH]c2ccccc12.[CH3-].[Y]. The standard InChI is InChI=1S/C11H14N2.3C2H6.CH3.Y/c1-8(12)6-9-7-13-11-5-3-2-4-10(9)11;3*1-2;;/h2-5,7-8,13H,6,12H2,1H3;3*1-2H3;1H3;/q;;;;-1;/t8-;;;;;/m1...../s1. The van der Waals surface area contributed by atoms with Gasteiger partial charge in [-0.3, -0.25) is 0 Å². The molecule has 0 aliphatic carbocycles. The van der Waals surface area contributed by atoms with Crippen LogP contribution in [0.4, 0.5) is 0 Å². The minimum absolute atomic E-state index is 0. The summed E-state index contributed by atoms with van der Waals surface area (Å²) >= 11 is 0. The second-order valence-electron chi connectivity index (χ2n) is 3.54. The van der Waals surface area contributed by atoms with Crippen LogP contribution in [0.3, 0.4) is 0 Å². The molecule has 1 atom stereocenters. The maximum atomic E-state index is 5.76. The van der Waals surface area contributed by atoms with Gasteiger partial charge >= 0.3 is 0 Å². The van der Waals surface area contributed by atoms with Crippen molar-refractivity contribution < 1.29 is 32.7 Å². The van der Waals surface area contributed by atoms with Crippen molar-refractivity contribution in [1.29, 1.82) is 0 Å². The number of aromatic amines is 1. The molecule has 0 bridgehead atoms. The quantitative estimate of drug-likeness (QED) is 0.667. The molecule has 1 aromatic heterocycles. The van der Waals surface area contributed by atoms with Crippen molar-refractivity contribution in [1.82, 2.24) is 4.98 Å². The zero-order valence-corrected chi connectivity index (χ0v) is 18.2. The molecule has 0 spiro atoms. The number of hydrogen-bond acceptors (Lipinski definition) is 1. The Bertz CT molecular complexity index is 408. The first kappa shape index (κ1) is 28.9. The summed E-state index contributed by atoms with van der Waals surface area (Å²) in [6.45, 7) is 14.0. The maximum absolute atomic E-state index is 5.76. The van der Waals surface area contributed by atoms with Crippen LogP contribution in [0.15, 0.2) is 30.5 Å². The molecule has 0 aliphatic rings. The summed E-state index contributed by atoms with van der Waals surface area (Å²) in [5.74, 6) is 0. The second kappa shape index (κ2) is 19.8. The molecule has 21 heavy (non-hydrogen) atoms. The topological polar surface area (TPSA) is 41.8 Å².